The SMILES string of the molecule is O=C(Nc1cccc(NS(=O)(=O)c2ccc(Cl)cc2)c1)c1ccoc1. The van der Waals surface area contributed by atoms with Gasteiger partial charge in [-0.2, -0.15) is 0 Å². The quantitative estimate of drug-likeness (QED) is 0.704. The second-order valence-electron chi connectivity index (χ2n) is 5.11. The minimum Gasteiger partial charge on any atom is -0.472 e. The third-order valence-electron chi connectivity index (χ3n) is 3.28. The van der Waals surface area contributed by atoms with E-state index < -0.39 is 10.0 Å². The van der Waals surface area contributed by atoms with Gasteiger partial charge in [-0.3, -0.25) is 9.52 Å². The Balaban J connectivity index is 1.77. The van der Waals surface area contributed by atoms with E-state index in [0.29, 0.717) is 22.0 Å². The van der Waals surface area contributed by atoms with Crippen LogP contribution in [0, 0.1) is 0 Å². The second-order valence-corrected chi connectivity index (χ2v) is 7.23. The molecule has 0 unspecified atom stereocenters. The van der Waals surface area contributed by atoms with E-state index in [0.717, 1.165) is 0 Å². The van der Waals surface area contributed by atoms with Gasteiger partial charge in [-0.15, -0.1) is 0 Å². The van der Waals surface area contributed by atoms with Crippen LogP contribution in [0.15, 0.2) is 76.4 Å². The van der Waals surface area contributed by atoms with Crippen molar-refractivity contribution in [1.29, 1.82) is 0 Å². The summed E-state index contributed by atoms with van der Waals surface area (Å²) in [5.41, 5.74) is 1.13. The predicted octanol–water partition coefficient (Wildman–Crippen LogP) is 3.99. The Labute approximate surface area is 149 Å². The van der Waals surface area contributed by atoms with Crippen molar-refractivity contribution in [2.45, 2.75) is 4.90 Å². The molecule has 3 rings (SSSR count). The van der Waals surface area contributed by atoms with Crippen molar-refractivity contribution in [2.24, 2.45) is 0 Å². The zero-order valence-electron chi connectivity index (χ0n) is 12.8. The van der Waals surface area contributed by atoms with Crippen molar-refractivity contribution in [3.05, 3.63) is 77.7 Å². The molecule has 2 aromatic carbocycles. The third-order valence-corrected chi connectivity index (χ3v) is 4.93. The normalized spacial score (nSPS) is 11.1. The van der Waals surface area contributed by atoms with Crippen molar-refractivity contribution in [2.75, 3.05) is 10.0 Å². The van der Waals surface area contributed by atoms with E-state index in [2.05, 4.69) is 10.0 Å². The van der Waals surface area contributed by atoms with Crippen LogP contribution in [0.4, 0.5) is 11.4 Å². The summed E-state index contributed by atoms with van der Waals surface area (Å²) < 4.78 is 32.1. The first-order valence-electron chi connectivity index (χ1n) is 7.16. The summed E-state index contributed by atoms with van der Waals surface area (Å²) >= 11 is 5.77. The topological polar surface area (TPSA) is 88.4 Å². The van der Waals surface area contributed by atoms with Gasteiger partial charge in [0.2, 0.25) is 0 Å². The van der Waals surface area contributed by atoms with E-state index >= 15 is 0 Å². The molecule has 0 atom stereocenters. The molecule has 3 aromatic rings. The highest BCUT2D eigenvalue weighted by molar-refractivity contribution is 7.92. The summed E-state index contributed by atoms with van der Waals surface area (Å²) in [6.45, 7) is 0. The van der Waals surface area contributed by atoms with Crippen LogP contribution in [0.2, 0.25) is 5.02 Å². The number of furan rings is 1. The average molecular weight is 377 g/mol. The fraction of sp³-hybridized carbons (Fsp3) is 0. The summed E-state index contributed by atoms with van der Waals surface area (Å²) in [7, 11) is -3.75. The van der Waals surface area contributed by atoms with Crippen LogP contribution < -0.4 is 10.0 Å². The summed E-state index contributed by atoms with van der Waals surface area (Å²) in [6.07, 6.45) is 2.72. The zero-order chi connectivity index (χ0) is 17.9. The maximum Gasteiger partial charge on any atom is 0.261 e. The molecule has 1 aromatic heterocycles. The van der Waals surface area contributed by atoms with E-state index in [4.69, 9.17) is 16.0 Å². The zero-order valence-corrected chi connectivity index (χ0v) is 14.3. The smallest absolute Gasteiger partial charge is 0.261 e. The summed E-state index contributed by atoms with van der Waals surface area (Å²) in [6, 6.07) is 13.7. The fourth-order valence-electron chi connectivity index (χ4n) is 2.09. The molecule has 6 nitrogen and oxygen atoms in total. The first kappa shape index (κ1) is 17.1. The largest absolute Gasteiger partial charge is 0.472 e. The molecule has 25 heavy (non-hydrogen) atoms. The highest BCUT2D eigenvalue weighted by Crippen LogP contribution is 2.21. The van der Waals surface area contributed by atoms with Crippen LogP contribution in [0.5, 0.6) is 0 Å². The first-order chi connectivity index (χ1) is 11.9. The van der Waals surface area contributed by atoms with Crippen LogP contribution >= 0.6 is 11.6 Å². The number of benzene rings is 2. The molecule has 0 bridgehead atoms. The van der Waals surface area contributed by atoms with Crippen molar-refractivity contribution >= 4 is 38.9 Å². The van der Waals surface area contributed by atoms with Crippen molar-refractivity contribution in [3.8, 4) is 0 Å². The van der Waals surface area contributed by atoms with Gasteiger partial charge in [0.15, 0.2) is 0 Å². The Morgan fingerprint density at radius 2 is 1.72 bits per heavy atom. The standard InChI is InChI=1S/C17H13ClN2O4S/c18-13-4-6-16(7-5-13)25(22,23)20-15-3-1-2-14(10-15)19-17(21)12-8-9-24-11-12/h1-11,20H,(H,19,21). The molecule has 0 fully saturated rings. The fourth-order valence-corrected chi connectivity index (χ4v) is 3.26. The summed E-state index contributed by atoms with van der Waals surface area (Å²) in [4.78, 5) is 12.1. The monoisotopic (exact) mass is 376 g/mol. The highest BCUT2D eigenvalue weighted by atomic mass is 35.5. The van der Waals surface area contributed by atoms with E-state index in [1.807, 2.05) is 0 Å². The third kappa shape index (κ3) is 4.20. The van der Waals surface area contributed by atoms with Gasteiger partial charge in [-0.1, -0.05) is 17.7 Å². The Kier molecular flexibility index (Phi) is 4.78. The summed E-state index contributed by atoms with van der Waals surface area (Å²) in [5, 5.41) is 3.11. The minimum absolute atomic E-state index is 0.0877. The van der Waals surface area contributed by atoms with Crippen molar-refractivity contribution < 1.29 is 17.6 Å². The number of hydrogen-bond acceptors (Lipinski definition) is 4. The van der Waals surface area contributed by atoms with Crippen LogP contribution in [0.3, 0.4) is 0 Å². The Hall–Kier alpha value is -2.77. The van der Waals surface area contributed by atoms with Crippen LogP contribution in [0.25, 0.3) is 0 Å². The maximum absolute atomic E-state index is 12.4. The molecular formula is C17H13ClN2O4S. The number of nitrogens with one attached hydrogen (secondary N) is 2. The predicted molar refractivity (Wildman–Crippen MR) is 95.4 cm³/mol. The maximum atomic E-state index is 12.4. The molecule has 0 radical (unpaired) electrons. The number of carbonyl (C=O) groups excluding carboxylic acids is 1. The Bertz CT molecular complexity index is 984. The van der Waals surface area contributed by atoms with Gasteiger partial charge in [-0.25, -0.2) is 8.42 Å². The molecule has 0 saturated carbocycles. The van der Waals surface area contributed by atoms with Crippen LogP contribution in [0.1, 0.15) is 10.4 Å². The molecule has 0 aliphatic carbocycles. The molecule has 0 spiro atoms. The van der Waals surface area contributed by atoms with Crippen LogP contribution in [-0.4, -0.2) is 14.3 Å². The van der Waals surface area contributed by atoms with Gasteiger partial charge in [0, 0.05) is 10.7 Å². The molecule has 1 amide bonds. The molecule has 0 saturated heterocycles. The lowest BCUT2D eigenvalue weighted by Gasteiger charge is -2.10. The molecule has 2 N–H and O–H groups in total. The first-order valence-corrected chi connectivity index (χ1v) is 9.02. The number of anilines is 2. The number of rotatable bonds is 5. The number of amides is 1. The molecule has 128 valence electrons. The Morgan fingerprint density at radius 3 is 2.40 bits per heavy atom. The number of hydrogen-bond donors (Lipinski definition) is 2. The van der Waals surface area contributed by atoms with E-state index in [1.54, 1.807) is 18.2 Å². The van der Waals surface area contributed by atoms with E-state index in [-0.39, 0.29) is 10.8 Å². The lowest BCUT2D eigenvalue weighted by atomic mass is 10.2. The van der Waals surface area contributed by atoms with Gasteiger partial charge in [-0.05, 0) is 48.5 Å². The van der Waals surface area contributed by atoms with Gasteiger partial charge < -0.3 is 9.73 Å². The van der Waals surface area contributed by atoms with Gasteiger partial charge >= 0.3 is 0 Å². The second kappa shape index (κ2) is 7.00. The molecule has 0 aliphatic rings. The van der Waals surface area contributed by atoms with Gasteiger partial charge in [0.05, 0.1) is 22.4 Å². The minimum atomic E-state index is -3.75. The van der Waals surface area contributed by atoms with Crippen molar-refractivity contribution in [1.82, 2.24) is 0 Å². The van der Waals surface area contributed by atoms with Gasteiger partial charge in [0.1, 0.15) is 6.26 Å². The number of halogens is 1. The molecule has 1 heterocycles. The van der Waals surface area contributed by atoms with Gasteiger partial charge in [0.25, 0.3) is 15.9 Å². The highest BCUT2D eigenvalue weighted by Gasteiger charge is 2.14. The van der Waals surface area contributed by atoms with Crippen molar-refractivity contribution in [3.63, 3.8) is 0 Å². The average Bonchev–Trinajstić information content (AvgIpc) is 3.10. The lowest BCUT2D eigenvalue weighted by Crippen LogP contribution is -2.14. The number of sulfonamides is 1. The number of carbonyl (C=O) groups is 1. The lowest BCUT2D eigenvalue weighted by molar-refractivity contribution is 0.102. The summed E-state index contributed by atoms with van der Waals surface area (Å²) in [5.74, 6) is -0.355. The molecule has 8 heteroatoms. The van der Waals surface area contributed by atoms with E-state index in [1.165, 1.54) is 48.9 Å². The molecule has 0 aliphatic heterocycles. The Morgan fingerprint density at radius 1 is 1.00 bits per heavy atom. The van der Waals surface area contributed by atoms with Crippen LogP contribution in [-0.2, 0) is 10.0 Å². The van der Waals surface area contributed by atoms with E-state index in [9.17, 15) is 13.2 Å². The molecular weight excluding hydrogens is 364 g/mol.